The molecule has 2 fully saturated rings. The monoisotopic (exact) mass is 554 g/mol. The molecule has 41 heavy (non-hydrogen) atoms. The first kappa shape index (κ1) is 27.2. The Bertz CT molecular complexity index is 1460. The molecule has 3 aliphatic rings. The topological polar surface area (TPSA) is 124 Å². The van der Waals surface area contributed by atoms with Gasteiger partial charge in [0, 0.05) is 24.3 Å². The average Bonchev–Trinajstić information content (AvgIpc) is 3.75. The van der Waals surface area contributed by atoms with E-state index in [9.17, 15) is 14.4 Å². The third kappa shape index (κ3) is 5.14. The molecule has 6 rings (SSSR count). The predicted molar refractivity (Wildman–Crippen MR) is 158 cm³/mol. The molecule has 9 heteroatoms. The first-order chi connectivity index (χ1) is 19.8. The summed E-state index contributed by atoms with van der Waals surface area (Å²) in [5.74, 6) is 0.590. The summed E-state index contributed by atoms with van der Waals surface area (Å²) in [7, 11) is 0. The van der Waals surface area contributed by atoms with Gasteiger partial charge in [0.2, 0.25) is 18.2 Å². The van der Waals surface area contributed by atoms with Crippen LogP contribution in [0, 0.1) is 5.92 Å². The van der Waals surface area contributed by atoms with Crippen LogP contribution in [0.2, 0.25) is 0 Å². The number of carbonyl (C=O) groups excluding carboxylic acids is 3. The minimum absolute atomic E-state index is 0.0215. The molecule has 2 aliphatic heterocycles. The van der Waals surface area contributed by atoms with E-state index in [1.54, 1.807) is 4.90 Å². The van der Waals surface area contributed by atoms with E-state index in [2.05, 4.69) is 28.5 Å². The van der Waals surface area contributed by atoms with Gasteiger partial charge in [0.25, 0.3) is 0 Å². The van der Waals surface area contributed by atoms with Gasteiger partial charge in [-0.1, -0.05) is 44.2 Å². The van der Waals surface area contributed by atoms with Gasteiger partial charge in [0.05, 0.1) is 23.5 Å². The quantitative estimate of drug-likeness (QED) is 0.380. The van der Waals surface area contributed by atoms with E-state index in [-0.39, 0.29) is 23.8 Å². The number of anilines is 1. The highest BCUT2D eigenvalue weighted by Gasteiger charge is 2.37. The number of nitrogens with one attached hydrogen (secondary N) is 2. The Morgan fingerprint density at radius 2 is 1.80 bits per heavy atom. The number of hydrogen-bond donors (Lipinski definition) is 3. The van der Waals surface area contributed by atoms with Crippen molar-refractivity contribution in [3.63, 3.8) is 0 Å². The smallest absolute Gasteiger partial charge is 0.247 e. The molecule has 1 aliphatic carbocycles. The lowest BCUT2D eigenvalue weighted by Gasteiger charge is -2.28. The third-order valence-electron chi connectivity index (χ3n) is 8.88. The van der Waals surface area contributed by atoms with Crippen LogP contribution in [0.15, 0.2) is 42.5 Å². The van der Waals surface area contributed by atoms with E-state index in [1.807, 2.05) is 43.0 Å². The maximum Gasteiger partial charge on any atom is 0.247 e. The zero-order valence-corrected chi connectivity index (χ0v) is 23.7. The van der Waals surface area contributed by atoms with Crippen LogP contribution < -0.4 is 11.1 Å². The molecule has 0 spiro atoms. The van der Waals surface area contributed by atoms with E-state index in [0.717, 1.165) is 73.4 Å². The van der Waals surface area contributed by atoms with E-state index in [4.69, 9.17) is 10.7 Å². The number of hydrogen-bond acceptors (Lipinski definition) is 5. The maximum absolute atomic E-state index is 13.1. The van der Waals surface area contributed by atoms with Gasteiger partial charge in [-0.3, -0.25) is 14.4 Å². The average molecular weight is 555 g/mol. The second-order valence-electron chi connectivity index (χ2n) is 11.8. The largest absolute Gasteiger partial charge is 0.340 e. The molecular formula is C32H38N6O3. The van der Waals surface area contributed by atoms with Crippen molar-refractivity contribution in [3.05, 3.63) is 59.5 Å². The maximum atomic E-state index is 13.1. The van der Waals surface area contributed by atoms with Crippen LogP contribution in [-0.2, 0) is 27.2 Å². The number of aromatic nitrogens is 2. The van der Waals surface area contributed by atoms with Gasteiger partial charge in [-0.25, -0.2) is 4.98 Å². The van der Waals surface area contributed by atoms with Gasteiger partial charge in [0.15, 0.2) is 0 Å². The molecule has 0 saturated carbocycles. The van der Waals surface area contributed by atoms with E-state index < -0.39 is 12.1 Å². The third-order valence-corrected chi connectivity index (χ3v) is 8.88. The standard InChI is InChI=1S/C32H38N6O3/c1-19(2)28(33)32(41)38-16-4-6-27(38)31(40)34-23-11-7-20(8-12-23)21-9-13-24-22(17-21)10-14-25-29(24)36-30(35-25)26-5-3-15-37(26)18-39/h7-9,11-13,17-19,26-28H,3-6,10,14-16,33H2,1-2H3,(H,34,40)(H,35,36)/t26-,27-,28-/m0/s1. The number of likely N-dealkylation sites (tertiary alicyclic amines) is 2. The number of rotatable bonds is 7. The summed E-state index contributed by atoms with van der Waals surface area (Å²) in [6.45, 7) is 5.19. The van der Waals surface area contributed by atoms with E-state index >= 15 is 0 Å². The van der Waals surface area contributed by atoms with Gasteiger partial charge >= 0.3 is 0 Å². The summed E-state index contributed by atoms with van der Waals surface area (Å²) >= 11 is 0. The van der Waals surface area contributed by atoms with Crippen LogP contribution in [0.4, 0.5) is 5.69 Å². The summed E-state index contributed by atoms with van der Waals surface area (Å²) in [5.41, 5.74) is 13.6. The highest BCUT2D eigenvalue weighted by molar-refractivity contribution is 5.98. The Labute approximate surface area is 240 Å². The van der Waals surface area contributed by atoms with Crippen molar-refractivity contribution < 1.29 is 14.4 Å². The number of fused-ring (bicyclic) bond motifs is 3. The highest BCUT2D eigenvalue weighted by atomic mass is 16.2. The van der Waals surface area contributed by atoms with Gasteiger partial charge in [-0.15, -0.1) is 0 Å². The Hall–Kier alpha value is -3.98. The van der Waals surface area contributed by atoms with Crippen LogP contribution in [0.25, 0.3) is 22.4 Å². The molecule has 0 radical (unpaired) electrons. The lowest BCUT2D eigenvalue weighted by atomic mass is 9.89. The van der Waals surface area contributed by atoms with Crippen molar-refractivity contribution in [3.8, 4) is 22.4 Å². The minimum Gasteiger partial charge on any atom is -0.340 e. The van der Waals surface area contributed by atoms with E-state index in [0.29, 0.717) is 18.7 Å². The number of amides is 3. The van der Waals surface area contributed by atoms with Gasteiger partial charge in [0.1, 0.15) is 11.9 Å². The van der Waals surface area contributed by atoms with Crippen molar-refractivity contribution in [2.24, 2.45) is 11.7 Å². The molecule has 2 saturated heterocycles. The fourth-order valence-electron chi connectivity index (χ4n) is 6.43. The van der Waals surface area contributed by atoms with Crippen LogP contribution in [0.1, 0.15) is 62.7 Å². The van der Waals surface area contributed by atoms with Crippen LogP contribution in [0.5, 0.6) is 0 Å². The SMILES string of the molecule is CC(C)[C@H](N)C(=O)N1CCC[C@H]1C(=O)Nc1ccc(-c2ccc3c(c2)CCc2nc([C@@H]4CCCN4C=O)[nH]c2-3)cc1. The summed E-state index contributed by atoms with van der Waals surface area (Å²) in [4.78, 5) is 49.3. The molecule has 3 aromatic rings. The van der Waals surface area contributed by atoms with Crippen molar-refractivity contribution in [2.45, 2.75) is 70.5 Å². The summed E-state index contributed by atoms with van der Waals surface area (Å²) < 4.78 is 0. The lowest BCUT2D eigenvalue weighted by molar-refractivity contribution is -0.138. The first-order valence-electron chi connectivity index (χ1n) is 14.7. The van der Waals surface area contributed by atoms with Crippen molar-refractivity contribution in [1.29, 1.82) is 0 Å². The van der Waals surface area contributed by atoms with Gasteiger partial charge in [-0.2, -0.15) is 0 Å². The molecule has 3 amide bonds. The molecule has 214 valence electrons. The fourth-order valence-corrected chi connectivity index (χ4v) is 6.43. The molecule has 3 atom stereocenters. The van der Waals surface area contributed by atoms with Crippen LogP contribution >= 0.6 is 0 Å². The Morgan fingerprint density at radius 1 is 1.05 bits per heavy atom. The number of imidazole rings is 1. The van der Waals surface area contributed by atoms with Crippen LogP contribution in [0.3, 0.4) is 0 Å². The van der Waals surface area contributed by atoms with Gasteiger partial charge < -0.3 is 25.8 Å². The molecule has 0 bridgehead atoms. The fraction of sp³-hybridized carbons (Fsp3) is 0.438. The number of nitrogens with zero attached hydrogens (tertiary/aromatic N) is 3. The minimum atomic E-state index is -0.596. The molecular weight excluding hydrogens is 516 g/mol. The van der Waals surface area contributed by atoms with Crippen LogP contribution in [-0.4, -0.2) is 63.2 Å². The second kappa shape index (κ2) is 11.1. The molecule has 2 aromatic carbocycles. The normalized spacial score (nSPS) is 20.6. The summed E-state index contributed by atoms with van der Waals surface area (Å²) in [5, 5.41) is 3.00. The second-order valence-corrected chi connectivity index (χ2v) is 11.8. The van der Waals surface area contributed by atoms with Crippen molar-refractivity contribution >= 4 is 23.9 Å². The molecule has 4 N–H and O–H groups in total. The number of aromatic amines is 1. The Balaban J connectivity index is 1.15. The van der Waals surface area contributed by atoms with Gasteiger partial charge in [-0.05, 0) is 73.3 Å². The zero-order chi connectivity index (χ0) is 28.7. The molecule has 0 unspecified atom stereocenters. The van der Waals surface area contributed by atoms with Crippen molar-refractivity contribution in [2.75, 3.05) is 18.4 Å². The number of H-pyrrole nitrogens is 1. The number of nitrogens with two attached hydrogens (primary N) is 1. The molecule has 1 aromatic heterocycles. The van der Waals surface area contributed by atoms with Crippen molar-refractivity contribution in [1.82, 2.24) is 19.8 Å². The first-order valence-corrected chi connectivity index (χ1v) is 14.7. The number of carbonyl (C=O) groups is 3. The number of benzene rings is 2. The Morgan fingerprint density at radius 3 is 2.56 bits per heavy atom. The Kier molecular flexibility index (Phi) is 7.38. The predicted octanol–water partition coefficient (Wildman–Crippen LogP) is 4.05. The lowest BCUT2D eigenvalue weighted by Crippen LogP contribution is -2.51. The molecule has 3 heterocycles. The summed E-state index contributed by atoms with van der Waals surface area (Å²) in [6.07, 6.45) is 6.09. The molecule has 9 nitrogen and oxygen atoms in total. The highest BCUT2D eigenvalue weighted by Crippen LogP contribution is 2.38. The zero-order valence-electron chi connectivity index (χ0n) is 23.7. The summed E-state index contributed by atoms with van der Waals surface area (Å²) in [6, 6.07) is 13.3. The van der Waals surface area contributed by atoms with E-state index in [1.165, 1.54) is 11.1 Å². The number of aryl methyl sites for hydroxylation is 2.